The van der Waals surface area contributed by atoms with Crippen molar-refractivity contribution in [2.75, 3.05) is 6.61 Å². The zero-order chi connectivity index (χ0) is 34.5. The molecular formula is C36H47N2O6PS2Si. The van der Waals surface area contributed by atoms with Crippen molar-refractivity contribution in [3.63, 3.8) is 0 Å². The minimum absolute atomic E-state index is 0.0156. The normalized spacial score (nSPS) is 30.7. The van der Waals surface area contributed by atoms with Crippen LogP contribution in [0.2, 0.25) is 5.04 Å². The molecule has 2 aromatic carbocycles. The van der Waals surface area contributed by atoms with Crippen molar-refractivity contribution in [3.05, 3.63) is 105 Å². The van der Waals surface area contributed by atoms with Crippen LogP contribution in [0, 0.1) is 12.8 Å². The zero-order valence-corrected chi connectivity index (χ0v) is 32.2. The van der Waals surface area contributed by atoms with E-state index < -0.39 is 43.7 Å². The Labute approximate surface area is 293 Å². The van der Waals surface area contributed by atoms with Crippen LogP contribution >= 0.6 is 17.1 Å². The molecule has 6 rings (SSSR count). The number of fused-ring (bicyclic) bond motifs is 1. The van der Waals surface area contributed by atoms with E-state index in [-0.39, 0.29) is 22.5 Å². The fourth-order valence-corrected chi connectivity index (χ4v) is 19.7. The molecule has 1 aromatic heterocycles. The van der Waals surface area contributed by atoms with Gasteiger partial charge in [-0.05, 0) is 73.2 Å². The van der Waals surface area contributed by atoms with Crippen LogP contribution in [0.25, 0.3) is 0 Å². The monoisotopic (exact) mass is 726 g/mol. The van der Waals surface area contributed by atoms with Crippen LogP contribution in [0.15, 0.2) is 88.6 Å². The minimum atomic E-state index is -2.91. The first-order valence-corrected chi connectivity index (χ1v) is 22.7. The van der Waals surface area contributed by atoms with Gasteiger partial charge < -0.3 is 18.2 Å². The summed E-state index contributed by atoms with van der Waals surface area (Å²) in [7, 11) is -2.91. The minimum Gasteiger partial charge on any atom is -0.405 e. The van der Waals surface area contributed by atoms with Gasteiger partial charge in [-0.2, -0.15) is 0 Å². The molecule has 258 valence electrons. The summed E-state index contributed by atoms with van der Waals surface area (Å²) >= 11 is 7.92. The van der Waals surface area contributed by atoms with Gasteiger partial charge in [-0.25, -0.2) is 4.79 Å². The Morgan fingerprint density at radius 1 is 1.12 bits per heavy atom. The van der Waals surface area contributed by atoms with Gasteiger partial charge in [-0.1, -0.05) is 105 Å². The number of rotatable bonds is 9. The van der Waals surface area contributed by atoms with Gasteiger partial charge in [0.1, 0.15) is 12.3 Å². The maximum atomic E-state index is 13.0. The van der Waals surface area contributed by atoms with E-state index in [0.717, 1.165) is 29.6 Å². The number of aromatic nitrogens is 2. The highest BCUT2D eigenvalue weighted by Gasteiger charge is 2.56. The molecule has 2 aliphatic heterocycles. The Morgan fingerprint density at radius 3 is 2.33 bits per heavy atom. The van der Waals surface area contributed by atoms with E-state index in [0.29, 0.717) is 17.9 Å². The van der Waals surface area contributed by atoms with Gasteiger partial charge in [0, 0.05) is 22.9 Å². The molecule has 3 aliphatic rings. The Bertz CT molecular complexity index is 1770. The molecule has 0 spiro atoms. The molecule has 1 N–H and O–H groups in total. The number of aryl methyl sites for hydroxylation is 1. The van der Waals surface area contributed by atoms with E-state index in [2.05, 4.69) is 94.7 Å². The van der Waals surface area contributed by atoms with Gasteiger partial charge in [0.2, 0.25) is 5.69 Å². The SMILES string of the molecule is C=C(C)[C@@H]1CC[C@]2(C)S[P@](=S)(O[C@H]3C[C@H](n4cc(C)c(=O)[nH]c4=O)O[C@@H]3CO[Si](c3ccccc3)(c3ccccc3)C(C)(C)C)O[C@H]2C1. The van der Waals surface area contributed by atoms with Gasteiger partial charge in [0.15, 0.2) is 0 Å². The third-order valence-electron chi connectivity index (χ3n) is 10.2. The van der Waals surface area contributed by atoms with E-state index >= 15 is 0 Å². The van der Waals surface area contributed by atoms with Gasteiger partial charge >= 0.3 is 5.69 Å². The van der Waals surface area contributed by atoms with Crippen LogP contribution in [0.1, 0.15) is 72.1 Å². The number of H-pyrrole nitrogens is 1. The molecule has 3 fully saturated rings. The zero-order valence-electron chi connectivity index (χ0n) is 28.6. The van der Waals surface area contributed by atoms with E-state index in [4.69, 9.17) is 30.0 Å². The number of nitrogens with zero attached hydrogens (tertiary/aromatic N) is 1. The predicted molar refractivity (Wildman–Crippen MR) is 200 cm³/mol. The molecule has 2 saturated heterocycles. The van der Waals surface area contributed by atoms with E-state index in [1.807, 2.05) is 12.1 Å². The summed E-state index contributed by atoms with van der Waals surface area (Å²) in [5, 5.41) is 2.08. The van der Waals surface area contributed by atoms with Crippen LogP contribution in [0.4, 0.5) is 0 Å². The predicted octanol–water partition coefficient (Wildman–Crippen LogP) is 6.59. The number of benzene rings is 2. The Kier molecular flexibility index (Phi) is 10.1. The van der Waals surface area contributed by atoms with Crippen molar-refractivity contribution in [1.82, 2.24) is 9.55 Å². The third kappa shape index (κ3) is 6.82. The average Bonchev–Trinajstić information content (AvgIpc) is 3.54. The van der Waals surface area contributed by atoms with Gasteiger partial charge in [-0.3, -0.25) is 14.3 Å². The summed E-state index contributed by atoms with van der Waals surface area (Å²) in [6, 6.07) is 20.9. The van der Waals surface area contributed by atoms with E-state index in [9.17, 15) is 9.59 Å². The molecule has 12 heteroatoms. The maximum Gasteiger partial charge on any atom is 0.330 e. The Hall–Kier alpha value is -2.08. The molecule has 0 bridgehead atoms. The molecule has 7 atom stereocenters. The first-order chi connectivity index (χ1) is 22.6. The largest absolute Gasteiger partial charge is 0.405 e. The lowest BCUT2D eigenvalue weighted by molar-refractivity contribution is -0.0394. The fraction of sp³-hybridized carbons (Fsp3) is 0.500. The number of ether oxygens (including phenoxy) is 1. The molecule has 48 heavy (non-hydrogen) atoms. The molecule has 8 nitrogen and oxygen atoms in total. The van der Waals surface area contributed by atoms with Crippen molar-refractivity contribution < 1.29 is 18.2 Å². The molecule has 1 saturated carbocycles. The summed E-state index contributed by atoms with van der Waals surface area (Å²) in [6.07, 6.45) is 3.12. The summed E-state index contributed by atoms with van der Waals surface area (Å²) in [5.74, 6) is 0.410. The van der Waals surface area contributed by atoms with Gasteiger partial charge in [0.25, 0.3) is 13.9 Å². The van der Waals surface area contributed by atoms with Crippen molar-refractivity contribution in [2.24, 2.45) is 5.92 Å². The van der Waals surface area contributed by atoms with Gasteiger partial charge in [0.05, 0.1) is 18.8 Å². The first kappa shape index (κ1) is 35.7. The number of hydrogen-bond acceptors (Lipinski definition) is 8. The first-order valence-electron chi connectivity index (χ1n) is 16.7. The summed E-state index contributed by atoms with van der Waals surface area (Å²) in [6.45, 7) is 17.2. The standard InChI is InChI=1S/C36H47N2O6PS2Si/c1-24(2)26-18-19-36(7)31(20-26)44-45(46,47-36)43-29-21-32(38-22-25(3)33(39)37-34(38)40)42-30(29)23-41-48(35(4,5)6,27-14-10-8-11-15-27)28-16-12-9-13-17-28/h8-17,22,26,29-32H,1,18-21,23H2,2-7H3,(H,37,39,40)/t26-,29+,30-,31+,32-,36+,45-/m1/s1. The van der Waals surface area contributed by atoms with Crippen molar-refractivity contribution in [3.8, 4) is 0 Å². The molecular weight excluding hydrogens is 680 g/mol. The lowest BCUT2D eigenvalue weighted by Crippen LogP contribution is -2.67. The molecule has 3 aromatic rings. The second kappa shape index (κ2) is 13.6. The third-order valence-corrected chi connectivity index (χ3v) is 21.0. The lowest BCUT2D eigenvalue weighted by atomic mass is 9.77. The molecule has 0 amide bonds. The number of nitrogens with one attached hydrogen (secondary N) is 1. The molecule has 3 heterocycles. The summed E-state index contributed by atoms with van der Waals surface area (Å²) in [4.78, 5) is 27.7. The molecule has 1 aliphatic carbocycles. The fourth-order valence-electron chi connectivity index (χ4n) is 7.50. The molecule has 0 radical (unpaired) electrons. The second-order valence-electron chi connectivity index (χ2n) is 14.7. The number of hydrogen-bond donors (Lipinski definition) is 1. The topological polar surface area (TPSA) is 91.8 Å². The second-order valence-corrected chi connectivity index (χ2v) is 25.6. The number of aromatic amines is 1. The maximum absolute atomic E-state index is 13.0. The van der Waals surface area contributed by atoms with Crippen molar-refractivity contribution in [1.29, 1.82) is 0 Å². The average molecular weight is 727 g/mol. The Balaban J connectivity index is 1.34. The van der Waals surface area contributed by atoms with Gasteiger partial charge in [-0.15, -0.1) is 0 Å². The van der Waals surface area contributed by atoms with Crippen molar-refractivity contribution in [2.45, 2.75) is 102 Å². The van der Waals surface area contributed by atoms with Crippen LogP contribution < -0.4 is 21.6 Å². The highest BCUT2D eigenvalue weighted by Crippen LogP contribution is 2.76. The van der Waals surface area contributed by atoms with Crippen molar-refractivity contribution >= 4 is 47.6 Å². The van der Waals surface area contributed by atoms with E-state index in [1.54, 1.807) is 24.5 Å². The van der Waals surface area contributed by atoms with Crippen LogP contribution in [-0.4, -0.2) is 47.5 Å². The Morgan fingerprint density at radius 2 is 1.75 bits per heavy atom. The summed E-state index contributed by atoms with van der Waals surface area (Å²) < 4.78 is 28.9. The van der Waals surface area contributed by atoms with Crippen LogP contribution in [0.5, 0.6) is 0 Å². The van der Waals surface area contributed by atoms with E-state index in [1.165, 1.54) is 10.1 Å². The molecule has 0 unspecified atom stereocenters. The smallest absolute Gasteiger partial charge is 0.330 e. The van der Waals surface area contributed by atoms with Crippen LogP contribution in [-0.2, 0) is 30.0 Å². The van der Waals surface area contributed by atoms with Crippen LogP contribution in [0.3, 0.4) is 0 Å². The highest BCUT2D eigenvalue weighted by atomic mass is 32.9. The highest BCUT2D eigenvalue weighted by molar-refractivity contribution is 8.68. The quantitative estimate of drug-likeness (QED) is 0.150. The lowest BCUT2D eigenvalue weighted by Gasteiger charge is -2.43. The summed E-state index contributed by atoms with van der Waals surface area (Å²) in [5.41, 5.74) is -2.13. The number of allylic oxidation sites excluding steroid dienone is 1.